The molecule has 0 unspecified atom stereocenters. The fourth-order valence-electron chi connectivity index (χ4n) is 2.67. The molecule has 0 bridgehead atoms. The summed E-state index contributed by atoms with van der Waals surface area (Å²) in [6, 6.07) is 15.1. The maximum Gasteiger partial charge on any atom is 0.144 e. The predicted molar refractivity (Wildman–Crippen MR) is 93.0 cm³/mol. The summed E-state index contributed by atoms with van der Waals surface area (Å²) in [5.41, 5.74) is 9.88. The second-order valence-electron chi connectivity index (χ2n) is 5.93. The summed E-state index contributed by atoms with van der Waals surface area (Å²) in [6.07, 6.45) is 0.815. The van der Waals surface area contributed by atoms with E-state index in [9.17, 15) is 0 Å². The zero-order valence-electron chi connectivity index (χ0n) is 13.3. The van der Waals surface area contributed by atoms with Crippen molar-refractivity contribution in [3.05, 3.63) is 70.3 Å². The lowest BCUT2D eigenvalue weighted by Gasteiger charge is -2.12. The largest absolute Gasteiger partial charge is 0.308 e. The minimum Gasteiger partial charge on any atom is -0.308 e. The minimum absolute atomic E-state index is 0.747. The normalized spacial score (nSPS) is 10.9. The van der Waals surface area contributed by atoms with Crippen LogP contribution in [-0.2, 0) is 6.42 Å². The van der Waals surface area contributed by atoms with Crippen LogP contribution in [0.3, 0.4) is 0 Å². The first-order valence-electron chi connectivity index (χ1n) is 7.50. The lowest BCUT2D eigenvalue weighted by Crippen LogP contribution is -2.11. The van der Waals surface area contributed by atoms with Gasteiger partial charge in [0.25, 0.3) is 0 Å². The molecule has 3 heteroatoms. The fraction of sp³-hybridized carbons (Fsp3) is 0.211. The van der Waals surface area contributed by atoms with Gasteiger partial charge in [-0.05, 0) is 55.7 Å². The average Bonchev–Trinajstić information content (AvgIpc) is 2.50. The number of nitrogens with one attached hydrogen (secondary N) is 1. The molecular weight excluding hydrogens is 270 g/mol. The van der Waals surface area contributed by atoms with E-state index in [2.05, 4.69) is 73.6 Å². The van der Waals surface area contributed by atoms with Crippen LogP contribution in [0.1, 0.15) is 27.8 Å². The highest BCUT2D eigenvalue weighted by Gasteiger charge is 2.08. The van der Waals surface area contributed by atoms with Crippen LogP contribution in [0.15, 0.2) is 42.5 Å². The van der Waals surface area contributed by atoms with Crippen molar-refractivity contribution in [3.8, 4) is 0 Å². The second kappa shape index (κ2) is 5.78. The Kier molecular flexibility index (Phi) is 3.82. The summed E-state index contributed by atoms with van der Waals surface area (Å²) in [7, 11) is 0. The van der Waals surface area contributed by atoms with E-state index in [1.807, 2.05) is 0 Å². The van der Waals surface area contributed by atoms with E-state index >= 15 is 0 Å². The summed E-state index contributed by atoms with van der Waals surface area (Å²) in [5, 5.41) is 1.16. The van der Waals surface area contributed by atoms with Crippen LogP contribution >= 0.6 is 0 Å². The topological polar surface area (TPSA) is 50.9 Å². The number of benzene rings is 2. The molecule has 0 aliphatic heterocycles. The molecule has 0 amide bonds. The molecular formula is C19H21N3. The molecule has 3 nitrogen and oxygen atoms in total. The van der Waals surface area contributed by atoms with Gasteiger partial charge < -0.3 is 5.43 Å². The van der Waals surface area contributed by atoms with Gasteiger partial charge in [-0.25, -0.2) is 10.8 Å². The van der Waals surface area contributed by atoms with Crippen molar-refractivity contribution in [1.82, 2.24) is 4.98 Å². The highest BCUT2D eigenvalue weighted by atomic mass is 15.2. The summed E-state index contributed by atoms with van der Waals surface area (Å²) in [6.45, 7) is 6.33. The highest BCUT2D eigenvalue weighted by Crippen LogP contribution is 2.25. The summed E-state index contributed by atoms with van der Waals surface area (Å²) < 4.78 is 0. The van der Waals surface area contributed by atoms with Crippen molar-refractivity contribution in [3.63, 3.8) is 0 Å². The lowest BCUT2D eigenvalue weighted by atomic mass is 10.0. The Hall–Kier alpha value is -2.39. The number of hydrogen-bond donors (Lipinski definition) is 2. The SMILES string of the molecule is Cc1ccc(Cc2cc3cc(C)c(C)cc3nc2NN)cc1. The highest BCUT2D eigenvalue weighted by molar-refractivity contribution is 5.83. The van der Waals surface area contributed by atoms with Gasteiger partial charge in [0.2, 0.25) is 0 Å². The van der Waals surface area contributed by atoms with E-state index in [0.29, 0.717) is 0 Å². The number of nitrogens with zero attached hydrogens (tertiary/aromatic N) is 1. The minimum atomic E-state index is 0.747. The first-order valence-corrected chi connectivity index (χ1v) is 7.50. The van der Waals surface area contributed by atoms with Crippen molar-refractivity contribution in [2.24, 2.45) is 5.84 Å². The third kappa shape index (κ3) is 2.81. The van der Waals surface area contributed by atoms with Gasteiger partial charge in [-0.1, -0.05) is 29.8 Å². The number of hydrogen-bond acceptors (Lipinski definition) is 3. The zero-order chi connectivity index (χ0) is 15.7. The molecule has 0 atom stereocenters. The third-order valence-electron chi connectivity index (χ3n) is 4.16. The Labute approximate surface area is 131 Å². The van der Waals surface area contributed by atoms with E-state index in [4.69, 9.17) is 5.84 Å². The molecule has 3 rings (SSSR count). The van der Waals surface area contributed by atoms with Gasteiger partial charge in [0, 0.05) is 17.4 Å². The number of hydrazine groups is 1. The molecule has 112 valence electrons. The molecule has 0 saturated heterocycles. The van der Waals surface area contributed by atoms with Crippen molar-refractivity contribution in [2.75, 3.05) is 5.43 Å². The Balaban J connectivity index is 2.07. The van der Waals surface area contributed by atoms with Gasteiger partial charge in [0.05, 0.1) is 5.52 Å². The second-order valence-corrected chi connectivity index (χ2v) is 5.93. The van der Waals surface area contributed by atoms with Crippen LogP contribution in [0.25, 0.3) is 10.9 Å². The van der Waals surface area contributed by atoms with Crippen LogP contribution < -0.4 is 11.3 Å². The predicted octanol–water partition coefficient (Wildman–Crippen LogP) is 4.04. The van der Waals surface area contributed by atoms with Gasteiger partial charge in [0.15, 0.2) is 0 Å². The number of rotatable bonds is 3. The molecule has 2 aromatic carbocycles. The van der Waals surface area contributed by atoms with Crippen molar-refractivity contribution < 1.29 is 0 Å². The van der Waals surface area contributed by atoms with Crippen LogP contribution in [0.4, 0.5) is 5.82 Å². The first kappa shape index (κ1) is 14.5. The van der Waals surface area contributed by atoms with E-state index in [1.165, 1.54) is 22.3 Å². The zero-order valence-corrected chi connectivity index (χ0v) is 13.3. The Morgan fingerprint density at radius 3 is 2.32 bits per heavy atom. The van der Waals surface area contributed by atoms with Crippen molar-refractivity contribution in [2.45, 2.75) is 27.2 Å². The Morgan fingerprint density at radius 1 is 0.955 bits per heavy atom. The van der Waals surface area contributed by atoms with Gasteiger partial charge in [-0.3, -0.25) is 0 Å². The van der Waals surface area contributed by atoms with E-state index < -0.39 is 0 Å². The molecule has 3 aromatic rings. The molecule has 0 aliphatic carbocycles. The molecule has 0 spiro atoms. The molecule has 22 heavy (non-hydrogen) atoms. The van der Waals surface area contributed by atoms with Crippen molar-refractivity contribution in [1.29, 1.82) is 0 Å². The standard InChI is InChI=1S/C19H21N3/c1-12-4-6-15(7-5-12)10-17-11-16-8-13(2)14(3)9-18(16)21-19(17)22-20/h4-9,11H,10,20H2,1-3H3,(H,21,22). The molecule has 1 aromatic heterocycles. The summed E-state index contributed by atoms with van der Waals surface area (Å²) in [5.74, 6) is 6.42. The number of anilines is 1. The maximum atomic E-state index is 5.67. The van der Waals surface area contributed by atoms with Gasteiger partial charge in [0.1, 0.15) is 5.82 Å². The number of fused-ring (bicyclic) bond motifs is 1. The fourth-order valence-corrected chi connectivity index (χ4v) is 2.67. The van der Waals surface area contributed by atoms with Crippen LogP contribution in [-0.4, -0.2) is 4.98 Å². The smallest absolute Gasteiger partial charge is 0.144 e. The van der Waals surface area contributed by atoms with Crippen molar-refractivity contribution >= 4 is 16.7 Å². The number of aromatic nitrogens is 1. The van der Waals surface area contributed by atoms with E-state index in [-0.39, 0.29) is 0 Å². The quantitative estimate of drug-likeness (QED) is 0.565. The van der Waals surface area contributed by atoms with Crippen LogP contribution in [0.2, 0.25) is 0 Å². The molecule has 0 saturated carbocycles. The summed E-state index contributed by atoms with van der Waals surface area (Å²) in [4.78, 5) is 4.67. The average molecular weight is 291 g/mol. The number of aryl methyl sites for hydroxylation is 3. The third-order valence-corrected chi connectivity index (χ3v) is 4.16. The number of pyridine rings is 1. The molecule has 0 aliphatic rings. The van der Waals surface area contributed by atoms with Gasteiger partial charge in [-0.15, -0.1) is 0 Å². The maximum absolute atomic E-state index is 5.67. The lowest BCUT2D eigenvalue weighted by molar-refractivity contribution is 1.13. The first-order chi connectivity index (χ1) is 10.6. The number of nitrogen functional groups attached to an aromatic ring is 1. The van der Waals surface area contributed by atoms with Crippen LogP contribution in [0.5, 0.6) is 0 Å². The Morgan fingerprint density at radius 2 is 1.64 bits per heavy atom. The monoisotopic (exact) mass is 291 g/mol. The number of nitrogens with two attached hydrogens (primary N) is 1. The molecule has 0 radical (unpaired) electrons. The molecule has 3 N–H and O–H groups in total. The summed E-state index contributed by atoms with van der Waals surface area (Å²) >= 11 is 0. The van der Waals surface area contributed by atoms with Gasteiger partial charge in [-0.2, -0.15) is 0 Å². The van der Waals surface area contributed by atoms with E-state index in [1.54, 1.807) is 0 Å². The molecule has 0 fully saturated rings. The van der Waals surface area contributed by atoms with Crippen LogP contribution in [0, 0.1) is 20.8 Å². The van der Waals surface area contributed by atoms with E-state index in [0.717, 1.165) is 28.7 Å². The van der Waals surface area contributed by atoms with Gasteiger partial charge >= 0.3 is 0 Å². The Bertz CT molecular complexity index is 820. The molecule has 1 heterocycles.